The molecule has 138 valence electrons. The van der Waals surface area contributed by atoms with Crippen LogP contribution < -0.4 is 9.47 Å². The van der Waals surface area contributed by atoms with Gasteiger partial charge in [-0.25, -0.2) is 4.79 Å². The Bertz CT molecular complexity index is 730. The number of methoxy groups -OCH3 is 1. The molecular formula is C19H22N2O5. The van der Waals surface area contributed by atoms with Crippen LogP contribution in [-0.2, 0) is 14.3 Å². The predicted molar refractivity (Wildman–Crippen MR) is 94.5 cm³/mol. The molecule has 0 spiro atoms. The van der Waals surface area contributed by atoms with Crippen LogP contribution in [0.15, 0.2) is 23.8 Å². The van der Waals surface area contributed by atoms with Crippen molar-refractivity contribution < 1.29 is 23.8 Å². The molecule has 26 heavy (non-hydrogen) atoms. The smallest absolute Gasteiger partial charge is 0.343 e. The molecule has 1 amide bonds. The van der Waals surface area contributed by atoms with Crippen LogP contribution in [0.2, 0.25) is 0 Å². The predicted octanol–water partition coefficient (Wildman–Crippen LogP) is 2.17. The number of amides is 1. The molecule has 2 rings (SSSR count). The molecule has 0 N–H and O–H groups in total. The molecule has 0 aliphatic carbocycles. The number of esters is 1. The SMILES string of the molecule is CCOc1cc(/C=C(\C#N)C(=O)N2CCCC2)ccc1OCC(=O)OC. The van der Waals surface area contributed by atoms with Gasteiger partial charge in [-0.3, -0.25) is 4.79 Å². The Morgan fingerprint density at radius 1 is 1.23 bits per heavy atom. The van der Waals surface area contributed by atoms with Crippen LogP contribution >= 0.6 is 0 Å². The van der Waals surface area contributed by atoms with E-state index in [-0.39, 0.29) is 18.1 Å². The fraction of sp³-hybridized carbons (Fsp3) is 0.421. The van der Waals surface area contributed by atoms with E-state index in [0.29, 0.717) is 36.8 Å². The van der Waals surface area contributed by atoms with Gasteiger partial charge in [0.1, 0.15) is 11.6 Å². The van der Waals surface area contributed by atoms with Gasteiger partial charge in [0.05, 0.1) is 13.7 Å². The van der Waals surface area contributed by atoms with E-state index in [1.807, 2.05) is 13.0 Å². The third-order valence-corrected chi connectivity index (χ3v) is 3.90. The average molecular weight is 358 g/mol. The van der Waals surface area contributed by atoms with Crippen LogP contribution in [0.1, 0.15) is 25.3 Å². The lowest BCUT2D eigenvalue weighted by atomic mass is 10.1. The Labute approximate surface area is 152 Å². The molecular weight excluding hydrogens is 336 g/mol. The molecule has 7 nitrogen and oxygen atoms in total. The second kappa shape index (κ2) is 9.47. The van der Waals surface area contributed by atoms with E-state index in [1.165, 1.54) is 13.2 Å². The minimum absolute atomic E-state index is 0.0811. The number of carbonyl (C=O) groups is 2. The Balaban J connectivity index is 2.22. The Morgan fingerprint density at radius 2 is 1.96 bits per heavy atom. The molecule has 1 aliphatic rings. The summed E-state index contributed by atoms with van der Waals surface area (Å²) < 4.78 is 15.5. The highest BCUT2D eigenvalue weighted by molar-refractivity contribution is 6.01. The molecule has 0 radical (unpaired) electrons. The minimum Gasteiger partial charge on any atom is -0.490 e. The van der Waals surface area contributed by atoms with E-state index in [4.69, 9.17) is 9.47 Å². The van der Waals surface area contributed by atoms with Crippen molar-refractivity contribution in [2.45, 2.75) is 19.8 Å². The number of ether oxygens (including phenoxy) is 3. The molecule has 0 atom stereocenters. The Kier molecular flexibility index (Phi) is 7.03. The maximum atomic E-state index is 12.4. The van der Waals surface area contributed by atoms with Crippen LogP contribution in [0.25, 0.3) is 6.08 Å². The van der Waals surface area contributed by atoms with Crippen molar-refractivity contribution in [3.63, 3.8) is 0 Å². The molecule has 0 bridgehead atoms. The molecule has 1 aromatic carbocycles. The van der Waals surface area contributed by atoms with Gasteiger partial charge in [-0.05, 0) is 43.5 Å². The number of likely N-dealkylation sites (tertiary alicyclic amines) is 1. The zero-order chi connectivity index (χ0) is 18.9. The van der Waals surface area contributed by atoms with Crippen molar-refractivity contribution in [1.29, 1.82) is 5.26 Å². The van der Waals surface area contributed by atoms with E-state index in [0.717, 1.165) is 12.8 Å². The second-order valence-corrected chi connectivity index (χ2v) is 5.67. The lowest BCUT2D eigenvalue weighted by Gasteiger charge is -2.14. The third-order valence-electron chi connectivity index (χ3n) is 3.90. The lowest BCUT2D eigenvalue weighted by molar-refractivity contribution is -0.142. The van der Waals surface area contributed by atoms with E-state index in [2.05, 4.69) is 4.74 Å². The zero-order valence-corrected chi connectivity index (χ0v) is 15.0. The lowest BCUT2D eigenvalue weighted by Crippen LogP contribution is -2.28. The number of carbonyl (C=O) groups excluding carboxylic acids is 2. The largest absolute Gasteiger partial charge is 0.490 e. The summed E-state index contributed by atoms with van der Waals surface area (Å²) >= 11 is 0. The van der Waals surface area contributed by atoms with Crippen molar-refractivity contribution in [2.24, 2.45) is 0 Å². The van der Waals surface area contributed by atoms with Gasteiger partial charge in [0.2, 0.25) is 0 Å². The maximum Gasteiger partial charge on any atom is 0.343 e. The third kappa shape index (κ3) is 4.99. The molecule has 0 unspecified atom stereocenters. The first-order chi connectivity index (χ1) is 12.6. The first-order valence-electron chi connectivity index (χ1n) is 8.46. The van der Waals surface area contributed by atoms with E-state index in [9.17, 15) is 14.9 Å². The number of benzene rings is 1. The monoisotopic (exact) mass is 358 g/mol. The summed E-state index contributed by atoms with van der Waals surface area (Å²) in [4.78, 5) is 25.3. The first kappa shape index (κ1) is 19.3. The van der Waals surface area contributed by atoms with Crippen LogP contribution in [-0.4, -0.2) is 50.2 Å². The minimum atomic E-state index is -0.501. The Hall–Kier alpha value is -3.01. The first-order valence-corrected chi connectivity index (χ1v) is 8.46. The van der Waals surface area contributed by atoms with Crippen molar-refractivity contribution in [3.8, 4) is 17.6 Å². The summed E-state index contributed by atoms with van der Waals surface area (Å²) in [6.45, 7) is 3.36. The topological polar surface area (TPSA) is 88.9 Å². The van der Waals surface area contributed by atoms with Gasteiger partial charge in [0.15, 0.2) is 18.1 Å². The summed E-state index contributed by atoms with van der Waals surface area (Å²) in [6, 6.07) is 6.98. The number of nitrogens with zero attached hydrogens (tertiary/aromatic N) is 2. The normalized spacial score (nSPS) is 13.9. The van der Waals surface area contributed by atoms with E-state index < -0.39 is 5.97 Å². The molecule has 0 aromatic heterocycles. The number of rotatable bonds is 7. The molecule has 0 saturated carbocycles. The fourth-order valence-electron chi connectivity index (χ4n) is 2.60. The Morgan fingerprint density at radius 3 is 2.58 bits per heavy atom. The molecule has 7 heteroatoms. The summed E-state index contributed by atoms with van der Waals surface area (Å²) in [6.07, 6.45) is 3.46. The van der Waals surface area contributed by atoms with Gasteiger partial charge in [0, 0.05) is 13.1 Å². The van der Waals surface area contributed by atoms with Gasteiger partial charge < -0.3 is 19.1 Å². The van der Waals surface area contributed by atoms with Gasteiger partial charge >= 0.3 is 5.97 Å². The summed E-state index contributed by atoms with van der Waals surface area (Å²) in [7, 11) is 1.28. The van der Waals surface area contributed by atoms with Crippen molar-refractivity contribution >= 4 is 18.0 Å². The highest BCUT2D eigenvalue weighted by Gasteiger charge is 2.21. The van der Waals surface area contributed by atoms with Crippen LogP contribution in [0.5, 0.6) is 11.5 Å². The summed E-state index contributed by atoms with van der Waals surface area (Å²) in [5.41, 5.74) is 0.723. The number of hydrogen-bond acceptors (Lipinski definition) is 6. The summed E-state index contributed by atoms with van der Waals surface area (Å²) in [5, 5.41) is 9.34. The van der Waals surface area contributed by atoms with Gasteiger partial charge in [-0.15, -0.1) is 0 Å². The second-order valence-electron chi connectivity index (χ2n) is 5.67. The van der Waals surface area contributed by atoms with Crippen molar-refractivity contribution in [1.82, 2.24) is 4.90 Å². The molecule has 1 heterocycles. The standard InChI is InChI=1S/C19H22N2O5/c1-3-25-17-11-14(6-7-16(17)26-13-18(22)24-2)10-15(12-20)19(23)21-8-4-5-9-21/h6-7,10-11H,3-5,8-9,13H2,1-2H3/b15-10+. The van der Waals surface area contributed by atoms with Crippen LogP contribution in [0.3, 0.4) is 0 Å². The van der Waals surface area contributed by atoms with Gasteiger partial charge in [-0.1, -0.05) is 6.07 Å². The zero-order valence-electron chi connectivity index (χ0n) is 15.0. The number of nitriles is 1. The van der Waals surface area contributed by atoms with Gasteiger partial charge in [0.25, 0.3) is 5.91 Å². The highest BCUT2D eigenvalue weighted by Crippen LogP contribution is 2.29. The van der Waals surface area contributed by atoms with Crippen molar-refractivity contribution in [2.75, 3.05) is 33.4 Å². The highest BCUT2D eigenvalue weighted by atomic mass is 16.6. The van der Waals surface area contributed by atoms with Crippen LogP contribution in [0.4, 0.5) is 0 Å². The fourth-order valence-corrected chi connectivity index (χ4v) is 2.60. The molecule has 1 aromatic rings. The molecule has 1 fully saturated rings. The van der Waals surface area contributed by atoms with E-state index >= 15 is 0 Å². The maximum absolute atomic E-state index is 12.4. The van der Waals surface area contributed by atoms with Crippen LogP contribution in [0, 0.1) is 11.3 Å². The molecule has 1 saturated heterocycles. The van der Waals surface area contributed by atoms with Crippen molar-refractivity contribution in [3.05, 3.63) is 29.3 Å². The average Bonchev–Trinajstić information content (AvgIpc) is 3.19. The molecule has 1 aliphatic heterocycles. The van der Waals surface area contributed by atoms with Gasteiger partial charge in [-0.2, -0.15) is 5.26 Å². The number of hydrogen-bond donors (Lipinski definition) is 0. The summed E-state index contributed by atoms with van der Waals surface area (Å²) in [5.74, 6) is 0.0585. The van der Waals surface area contributed by atoms with E-state index in [1.54, 1.807) is 23.1 Å². The quantitative estimate of drug-likeness (QED) is 0.422.